The third-order valence-corrected chi connectivity index (χ3v) is 4.77. The Morgan fingerprint density at radius 3 is 2.22 bits per heavy atom. The predicted octanol–water partition coefficient (Wildman–Crippen LogP) is 3.74. The Balaban J connectivity index is 1.92. The number of aryl methyl sites for hydroxylation is 2. The fraction of sp³-hybridized carbons (Fsp3) is 0.300. The number of ether oxygens (including phenoxy) is 1. The number of hydrogen-bond acceptors (Lipinski definition) is 3. The lowest BCUT2D eigenvalue weighted by Gasteiger charge is -2.23. The third-order valence-electron chi connectivity index (χ3n) is 4.77. The van der Waals surface area contributed by atoms with Crippen LogP contribution in [0, 0.1) is 0 Å². The molecule has 2 aliphatic rings. The zero-order valence-electron chi connectivity index (χ0n) is 13.1. The molecule has 0 heterocycles. The Labute approximate surface area is 135 Å². The van der Waals surface area contributed by atoms with E-state index in [0.29, 0.717) is 34.6 Å². The average molecular weight is 306 g/mol. The van der Waals surface area contributed by atoms with E-state index in [2.05, 4.69) is 0 Å². The van der Waals surface area contributed by atoms with Gasteiger partial charge in [0.05, 0.1) is 12.2 Å². The summed E-state index contributed by atoms with van der Waals surface area (Å²) < 4.78 is 5.58. The zero-order chi connectivity index (χ0) is 16.0. The molecule has 0 aliphatic heterocycles. The van der Waals surface area contributed by atoms with Gasteiger partial charge in [-0.05, 0) is 61.9 Å². The van der Waals surface area contributed by atoms with E-state index in [1.165, 1.54) is 11.1 Å². The lowest BCUT2D eigenvalue weighted by atomic mass is 9.79. The van der Waals surface area contributed by atoms with Gasteiger partial charge < -0.3 is 4.74 Å². The highest BCUT2D eigenvalue weighted by atomic mass is 16.5. The molecule has 0 fully saturated rings. The van der Waals surface area contributed by atoms with Gasteiger partial charge in [-0.25, -0.2) is 0 Å². The molecule has 0 bridgehead atoms. The van der Waals surface area contributed by atoms with Crippen molar-refractivity contribution in [2.24, 2.45) is 0 Å². The highest BCUT2D eigenvalue weighted by Crippen LogP contribution is 2.35. The van der Waals surface area contributed by atoms with Crippen LogP contribution in [0.15, 0.2) is 30.3 Å². The van der Waals surface area contributed by atoms with Gasteiger partial charge in [0.1, 0.15) is 5.75 Å². The Bertz CT molecular complexity index is 833. The van der Waals surface area contributed by atoms with E-state index in [-0.39, 0.29) is 11.6 Å². The number of fused-ring (bicyclic) bond motifs is 3. The summed E-state index contributed by atoms with van der Waals surface area (Å²) in [6.07, 6.45) is 4.29. The Morgan fingerprint density at radius 2 is 1.57 bits per heavy atom. The molecule has 2 aromatic carbocycles. The minimum Gasteiger partial charge on any atom is -0.493 e. The van der Waals surface area contributed by atoms with Crippen molar-refractivity contribution in [3.8, 4) is 5.75 Å². The summed E-state index contributed by atoms with van der Waals surface area (Å²) >= 11 is 0. The first-order chi connectivity index (χ1) is 11.2. The normalized spacial score (nSPS) is 15.7. The maximum Gasteiger partial charge on any atom is 0.198 e. The average Bonchev–Trinajstić information content (AvgIpc) is 2.58. The Kier molecular flexibility index (Phi) is 3.29. The first-order valence-corrected chi connectivity index (χ1v) is 8.21. The molecule has 0 spiro atoms. The molecule has 0 radical (unpaired) electrons. The largest absolute Gasteiger partial charge is 0.493 e. The van der Waals surface area contributed by atoms with E-state index in [0.717, 1.165) is 25.7 Å². The molecule has 4 rings (SSSR count). The van der Waals surface area contributed by atoms with E-state index < -0.39 is 0 Å². The Hall–Kier alpha value is -2.42. The molecule has 0 unspecified atom stereocenters. The smallest absolute Gasteiger partial charge is 0.198 e. The Morgan fingerprint density at radius 1 is 0.913 bits per heavy atom. The number of ketones is 2. The molecule has 23 heavy (non-hydrogen) atoms. The summed E-state index contributed by atoms with van der Waals surface area (Å²) in [7, 11) is 0. The molecule has 3 heteroatoms. The first kappa shape index (κ1) is 14.2. The molecule has 0 saturated carbocycles. The maximum absolute atomic E-state index is 13.0. The molecule has 0 atom stereocenters. The molecule has 2 aliphatic carbocycles. The predicted molar refractivity (Wildman–Crippen MR) is 87.6 cm³/mol. The second-order valence-corrected chi connectivity index (χ2v) is 6.14. The van der Waals surface area contributed by atoms with Gasteiger partial charge in [-0.15, -0.1) is 0 Å². The number of benzene rings is 2. The number of rotatable bonds is 2. The third kappa shape index (κ3) is 2.11. The monoisotopic (exact) mass is 306 g/mol. The minimum atomic E-state index is -0.0907. The van der Waals surface area contributed by atoms with Gasteiger partial charge >= 0.3 is 0 Å². The summed E-state index contributed by atoms with van der Waals surface area (Å²) in [6, 6.07) is 9.14. The molecule has 116 valence electrons. The van der Waals surface area contributed by atoms with Crippen LogP contribution in [-0.2, 0) is 12.8 Å². The van der Waals surface area contributed by atoms with Gasteiger partial charge in [-0.2, -0.15) is 0 Å². The van der Waals surface area contributed by atoms with Crippen LogP contribution >= 0.6 is 0 Å². The van der Waals surface area contributed by atoms with Crippen LogP contribution in [0.4, 0.5) is 0 Å². The van der Waals surface area contributed by atoms with Gasteiger partial charge in [-0.3, -0.25) is 9.59 Å². The van der Waals surface area contributed by atoms with E-state index in [4.69, 9.17) is 4.74 Å². The molecule has 0 saturated heterocycles. The van der Waals surface area contributed by atoms with Crippen LogP contribution in [0.2, 0.25) is 0 Å². The summed E-state index contributed by atoms with van der Waals surface area (Å²) in [4.78, 5) is 25.9. The van der Waals surface area contributed by atoms with Crippen LogP contribution in [-0.4, -0.2) is 18.2 Å². The molecular weight excluding hydrogens is 288 g/mol. The van der Waals surface area contributed by atoms with Gasteiger partial charge in [0.25, 0.3) is 0 Å². The summed E-state index contributed by atoms with van der Waals surface area (Å²) in [5.41, 5.74) is 4.41. The maximum atomic E-state index is 13.0. The topological polar surface area (TPSA) is 43.4 Å². The minimum absolute atomic E-state index is 0.0653. The highest BCUT2D eigenvalue weighted by Gasteiger charge is 2.33. The van der Waals surface area contributed by atoms with Crippen LogP contribution in [0.25, 0.3) is 0 Å². The van der Waals surface area contributed by atoms with Crippen molar-refractivity contribution in [1.82, 2.24) is 0 Å². The van der Waals surface area contributed by atoms with Gasteiger partial charge in [0.15, 0.2) is 11.6 Å². The highest BCUT2D eigenvalue weighted by molar-refractivity contribution is 6.29. The summed E-state index contributed by atoms with van der Waals surface area (Å²) in [5, 5.41) is 0. The zero-order valence-corrected chi connectivity index (χ0v) is 13.1. The van der Waals surface area contributed by atoms with Gasteiger partial charge in [0.2, 0.25) is 0 Å². The molecule has 0 aromatic heterocycles. The molecule has 3 nitrogen and oxygen atoms in total. The summed E-state index contributed by atoms with van der Waals surface area (Å²) in [6.45, 7) is 2.34. The van der Waals surface area contributed by atoms with Crippen molar-refractivity contribution in [2.45, 2.75) is 32.6 Å². The lowest BCUT2D eigenvalue weighted by molar-refractivity contribution is 0.0975. The number of hydrogen-bond donors (Lipinski definition) is 0. The quantitative estimate of drug-likeness (QED) is 0.724. The van der Waals surface area contributed by atoms with Crippen molar-refractivity contribution in [2.75, 3.05) is 6.61 Å². The van der Waals surface area contributed by atoms with Crippen LogP contribution < -0.4 is 4.74 Å². The number of carbonyl (C=O) groups is 2. The van der Waals surface area contributed by atoms with Gasteiger partial charge in [-0.1, -0.05) is 12.1 Å². The fourth-order valence-electron chi connectivity index (χ4n) is 3.67. The van der Waals surface area contributed by atoms with E-state index in [1.807, 2.05) is 19.1 Å². The first-order valence-electron chi connectivity index (χ1n) is 8.21. The van der Waals surface area contributed by atoms with Crippen LogP contribution in [0.1, 0.15) is 62.7 Å². The molecular formula is C20H18O3. The number of carbonyl (C=O) groups excluding carboxylic acids is 2. The second-order valence-electron chi connectivity index (χ2n) is 6.14. The second kappa shape index (κ2) is 5.34. The van der Waals surface area contributed by atoms with Crippen molar-refractivity contribution >= 4 is 11.6 Å². The summed E-state index contributed by atoms with van der Waals surface area (Å²) in [5.74, 6) is 0.350. The van der Waals surface area contributed by atoms with Crippen molar-refractivity contribution in [3.63, 3.8) is 0 Å². The lowest BCUT2D eigenvalue weighted by Crippen LogP contribution is -2.23. The van der Waals surface area contributed by atoms with E-state index in [1.54, 1.807) is 18.2 Å². The van der Waals surface area contributed by atoms with E-state index in [9.17, 15) is 9.59 Å². The fourth-order valence-corrected chi connectivity index (χ4v) is 3.67. The van der Waals surface area contributed by atoms with Crippen LogP contribution in [0.5, 0.6) is 5.75 Å². The van der Waals surface area contributed by atoms with Gasteiger partial charge in [0, 0.05) is 16.7 Å². The van der Waals surface area contributed by atoms with Crippen molar-refractivity contribution in [3.05, 3.63) is 63.7 Å². The molecule has 2 aromatic rings. The molecule has 0 N–H and O–H groups in total. The molecule has 0 amide bonds. The standard InChI is InChI=1S/C20H18O3/c1-2-23-17-9-5-8-14-18(17)20(22)16-11-13-7-4-3-6-12(13)10-15(16)19(14)21/h5,8-11H,2-4,6-7H2,1H3. The van der Waals surface area contributed by atoms with Crippen LogP contribution in [0.3, 0.4) is 0 Å². The SMILES string of the molecule is CCOc1cccc2c1C(=O)c1cc3c(cc1C2=O)CCCC3. The van der Waals surface area contributed by atoms with Crippen molar-refractivity contribution in [1.29, 1.82) is 0 Å². The van der Waals surface area contributed by atoms with E-state index >= 15 is 0 Å². The van der Waals surface area contributed by atoms with Crippen molar-refractivity contribution < 1.29 is 14.3 Å².